The van der Waals surface area contributed by atoms with Gasteiger partial charge < -0.3 is 4.42 Å². The summed E-state index contributed by atoms with van der Waals surface area (Å²) in [5, 5.41) is 5.51. The SMILES string of the molecule is c1ccc2cc(-c3cccc4c3oc3nc5ccccc5cc34)ncc2c1. The Morgan fingerprint density at radius 2 is 1.48 bits per heavy atom. The molecule has 6 aromatic rings. The molecule has 0 saturated heterocycles. The maximum atomic E-state index is 6.21. The highest BCUT2D eigenvalue weighted by molar-refractivity contribution is 6.11. The zero-order valence-corrected chi connectivity index (χ0v) is 14.4. The first-order chi connectivity index (χ1) is 13.4. The van der Waals surface area contributed by atoms with Crippen molar-refractivity contribution in [3.8, 4) is 11.3 Å². The molecular weight excluding hydrogens is 332 g/mol. The molecule has 3 nitrogen and oxygen atoms in total. The van der Waals surface area contributed by atoms with Gasteiger partial charge in [-0.1, -0.05) is 54.6 Å². The van der Waals surface area contributed by atoms with Crippen molar-refractivity contribution in [1.82, 2.24) is 9.97 Å². The molecular formula is C24H14N2O. The van der Waals surface area contributed by atoms with Crippen molar-refractivity contribution >= 4 is 43.7 Å². The van der Waals surface area contributed by atoms with Crippen molar-refractivity contribution in [3.63, 3.8) is 0 Å². The first-order valence-electron chi connectivity index (χ1n) is 8.93. The van der Waals surface area contributed by atoms with E-state index in [1.807, 2.05) is 36.5 Å². The molecule has 6 rings (SSSR count). The zero-order valence-electron chi connectivity index (χ0n) is 14.4. The normalized spacial score (nSPS) is 11.7. The lowest BCUT2D eigenvalue weighted by molar-refractivity contribution is 0.657. The fourth-order valence-electron chi connectivity index (χ4n) is 3.76. The van der Waals surface area contributed by atoms with Crippen molar-refractivity contribution in [1.29, 1.82) is 0 Å². The number of hydrogen-bond donors (Lipinski definition) is 0. The van der Waals surface area contributed by atoms with Crippen LogP contribution in [0.15, 0.2) is 89.5 Å². The summed E-state index contributed by atoms with van der Waals surface area (Å²) in [6.07, 6.45) is 1.92. The van der Waals surface area contributed by atoms with Gasteiger partial charge in [0.2, 0.25) is 5.71 Å². The van der Waals surface area contributed by atoms with E-state index < -0.39 is 0 Å². The lowest BCUT2D eigenvalue weighted by Crippen LogP contribution is -1.84. The average molecular weight is 346 g/mol. The van der Waals surface area contributed by atoms with Gasteiger partial charge >= 0.3 is 0 Å². The lowest BCUT2D eigenvalue weighted by Gasteiger charge is -2.04. The van der Waals surface area contributed by atoms with Crippen LogP contribution in [0.4, 0.5) is 0 Å². The molecule has 0 spiro atoms. The third-order valence-corrected chi connectivity index (χ3v) is 5.10. The molecule has 0 unspecified atom stereocenters. The van der Waals surface area contributed by atoms with Crippen molar-refractivity contribution < 1.29 is 4.42 Å². The van der Waals surface area contributed by atoms with E-state index in [0.29, 0.717) is 5.71 Å². The van der Waals surface area contributed by atoms with Crippen LogP contribution in [0.1, 0.15) is 0 Å². The Morgan fingerprint density at radius 1 is 0.667 bits per heavy atom. The van der Waals surface area contributed by atoms with Gasteiger partial charge in [-0.05, 0) is 29.7 Å². The molecule has 27 heavy (non-hydrogen) atoms. The van der Waals surface area contributed by atoms with Crippen molar-refractivity contribution in [2.75, 3.05) is 0 Å². The summed E-state index contributed by atoms with van der Waals surface area (Å²) in [5.41, 5.74) is 4.33. The molecule has 0 radical (unpaired) electrons. The first-order valence-corrected chi connectivity index (χ1v) is 8.93. The standard InChI is InChI=1S/C24H14N2O/c1-2-8-17-14-25-22(13-15(17)6-1)19-10-5-9-18-20-12-16-7-3-4-11-21(16)26-24(20)27-23(18)19/h1-14H. The highest BCUT2D eigenvalue weighted by Gasteiger charge is 2.14. The van der Waals surface area contributed by atoms with Crippen LogP contribution in [0.5, 0.6) is 0 Å². The number of fused-ring (bicyclic) bond motifs is 5. The van der Waals surface area contributed by atoms with Crippen molar-refractivity contribution in [2.45, 2.75) is 0 Å². The van der Waals surface area contributed by atoms with Crippen molar-refractivity contribution in [2.24, 2.45) is 0 Å². The summed E-state index contributed by atoms with van der Waals surface area (Å²) < 4.78 is 6.21. The van der Waals surface area contributed by atoms with Crippen LogP contribution in [-0.2, 0) is 0 Å². The van der Waals surface area contributed by atoms with Crippen LogP contribution in [0.3, 0.4) is 0 Å². The Kier molecular flexibility index (Phi) is 2.88. The molecule has 126 valence electrons. The molecule has 0 fully saturated rings. The second kappa shape index (κ2) is 5.39. The van der Waals surface area contributed by atoms with Crippen LogP contribution in [0, 0.1) is 0 Å². The number of aromatic nitrogens is 2. The number of nitrogens with zero attached hydrogens (tertiary/aromatic N) is 2. The number of hydrogen-bond acceptors (Lipinski definition) is 3. The third-order valence-electron chi connectivity index (χ3n) is 5.10. The molecule has 3 heteroatoms. The number of rotatable bonds is 1. The summed E-state index contributed by atoms with van der Waals surface area (Å²) in [5.74, 6) is 0. The number of furan rings is 1. The summed E-state index contributed by atoms with van der Waals surface area (Å²) in [7, 11) is 0. The maximum absolute atomic E-state index is 6.21. The number of benzene rings is 3. The fraction of sp³-hybridized carbons (Fsp3) is 0. The van der Waals surface area contributed by atoms with Crippen LogP contribution in [0.25, 0.3) is 55.0 Å². The van der Waals surface area contributed by atoms with Gasteiger partial charge in [0.1, 0.15) is 5.58 Å². The summed E-state index contributed by atoms with van der Waals surface area (Å²) in [6, 6.07) is 26.8. The smallest absolute Gasteiger partial charge is 0.227 e. The Balaban J connectivity index is 1.67. The predicted octanol–water partition coefficient (Wildman–Crippen LogP) is 6.35. The monoisotopic (exact) mass is 346 g/mol. The highest BCUT2D eigenvalue weighted by Crippen LogP contribution is 2.36. The molecule has 0 atom stereocenters. The van der Waals surface area contributed by atoms with Crippen LogP contribution >= 0.6 is 0 Å². The molecule has 0 aliphatic heterocycles. The van der Waals surface area contributed by atoms with E-state index in [4.69, 9.17) is 9.40 Å². The van der Waals surface area contributed by atoms with E-state index in [-0.39, 0.29) is 0 Å². The van der Waals surface area contributed by atoms with E-state index in [2.05, 4.69) is 53.5 Å². The van der Waals surface area contributed by atoms with Crippen LogP contribution < -0.4 is 0 Å². The van der Waals surface area contributed by atoms with Gasteiger partial charge in [0, 0.05) is 33.3 Å². The molecule has 3 aromatic heterocycles. The minimum Gasteiger partial charge on any atom is -0.437 e. The molecule has 0 aliphatic rings. The Morgan fingerprint density at radius 3 is 2.41 bits per heavy atom. The van der Waals surface area contributed by atoms with E-state index in [1.54, 1.807) is 0 Å². The zero-order chi connectivity index (χ0) is 17.8. The van der Waals surface area contributed by atoms with Crippen LogP contribution in [-0.4, -0.2) is 9.97 Å². The van der Waals surface area contributed by atoms with Gasteiger partial charge in [-0.2, -0.15) is 0 Å². The van der Waals surface area contributed by atoms with Crippen molar-refractivity contribution in [3.05, 3.63) is 85.1 Å². The second-order valence-corrected chi connectivity index (χ2v) is 6.73. The average Bonchev–Trinajstić information content (AvgIpc) is 3.09. The largest absolute Gasteiger partial charge is 0.437 e. The minimum atomic E-state index is 0.664. The van der Waals surface area contributed by atoms with Gasteiger partial charge in [-0.15, -0.1) is 0 Å². The minimum absolute atomic E-state index is 0.664. The van der Waals surface area contributed by atoms with E-state index in [1.165, 1.54) is 5.39 Å². The van der Waals surface area contributed by atoms with Crippen LogP contribution in [0.2, 0.25) is 0 Å². The molecule has 3 aromatic carbocycles. The molecule has 0 bridgehead atoms. The molecule has 3 heterocycles. The third kappa shape index (κ3) is 2.15. The van der Waals surface area contributed by atoms with Gasteiger partial charge in [-0.25, -0.2) is 4.98 Å². The lowest BCUT2D eigenvalue weighted by atomic mass is 10.0. The van der Waals surface area contributed by atoms with Gasteiger partial charge in [0.25, 0.3) is 0 Å². The summed E-state index contributed by atoms with van der Waals surface area (Å²) in [6.45, 7) is 0. The Labute approximate surface area is 154 Å². The number of pyridine rings is 2. The molecule has 0 N–H and O–H groups in total. The van der Waals surface area contributed by atoms with E-state index in [0.717, 1.165) is 43.9 Å². The van der Waals surface area contributed by atoms with E-state index >= 15 is 0 Å². The maximum Gasteiger partial charge on any atom is 0.227 e. The van der Waals surface area contributed by atoms with Gasteiger partial charge in [-0.3, -0.25) is 4.98 Å². The second-order valence-electron chi connectivity index (χ2n) is 6.73. The Bertz CT molecular complexity index is 1480. The van der Waals surface area contributed by atoms with E-state index in [9.17, 15) is 0 Å². The molecule has 0 amide bonds. The van der Waals surface area contributed by atoms with Gasteiger partial charge in [0.15, 0.2) is 0 Å². The quantitative estimate of drug-likeness (QED) is 0.348. The first kappa shape index (κ1) is 14.4. The predicted molar refractivity (Wildman–Crippen MR) is 110 cm³/mol. The molecule has 0 aliphatic carbocycles. The molecule has 0 saturated carbocycles. The number of para-hydroxylation sites is 2. The summed E-state index contributed by atoms with van der Waals surface area (Å²) >= 11 is 0. The summed E-state index contributed by atoms with van der Waals surface area (Å²) in [4.78, 5) is 9.38. The fourth-order valence-corrected chi connectivity index (χ4v) is 3.76. The topological polar surface area (TPSA) is 38.9 Å². The van der Waals surface area contributed by atoms with Gasteiger partial charge in [0.05, 0.1) is 11.2 Å². The Hall–Kier alpha value is -3.72. The highest BCUT2D eigenvalue weighted by atomic mass is 16.3.